The van der Waals surface area contributed by atoms with Crippen molar-refractivity contribution in [2.45, 2.75) is 37.8 Å². The second-order valence-corrected chi connectivity index (χ2v) is 5.91. The van der Waals surface area contributed by atoms with Crippen LogP contribution in [0.25, 0.3) is 16.9 Å². The first-order valence-electron chi connectivity index (χ1n) is 7.84. The number of aromatic nitrogens is 5. The van der Waals surface area contributed by atoms with Gasteiger partial charge in [-0.2, -0.15) is 0 Å². The Balaban J connectivity index is 1.62. The number of rotatable bonds is 3. The van der Waals surface area contributed by atoms with Crippen molar-refractivity contribution in [3.63, 3.8) is 0 Å². The molecule has 7 nitrogen and oxygen atoms in total. The van der Waals surface area contributed by atoms with Crippen molar-refractivity contribution >= 4 is 11.5 Å². The standard InChI is InChI=1S/C16H18N6O/c23-13-3-1-12(2-4-13)20-15-5-6-16-19-9-14(22(16)21-15)11-7-17-10-18-8-11/h5-10,12-13,23H,1-4H2,(H,20,21)/t12-,13-. The predicted molar refractivity (Wildman–Crippen MR) is 85.9 cm³/mol. The van der Waals surface area contributed by atoms with E-state index < -0.39 is 0 Å². The molecule has 0 saturated heterocycles. The molecule has 0 aromatic carbocycles. The predicted octanol–water partition coefficient (Wildman–Crippen LogP) is 1.90. The molecule has 0 aliphatic heterocycles. The quantitative estimate of drug-likeness (QED) is 0.768. The number of hydrogen-bond donors (Lipinski definition) is 2. The van der Waals surface area contributed by atoms with Crippen LogP contribution in [0.1, 0.15) is 25.7 Å². The first-order valence-corrected chi connectivity index (χ1v) is 7.84. The Bertz CT molecular complexity index is 795. The number of imidazole rings is 1. The van der Waals surface area contributed by atoms with E-state index in [1.54, 1.807) is 23.1 Å². The lowest BCUT2D eigenvalue weighted by atomic mass is 9.93. The molecule has 118 valence electrons. The van der Waals surface area contributed by atoms with Crippen LogP contribution >= 0.6 is 0 Å². The van der Waals surface area contributed by atoms with Crippen molar-refractivity contribution in [2.24, 2.45) is 0 Å². The maximum Gasteiger partial charge on any atom is 0.154 e. The van der Waals surface area contributed by atoms with Gasteiger partial charge in [-0.3, -0.25) is 0 Å². The fraction of sp³-hybridized carbons (Fsp3) is 0.375. The van der Waals surface area contributed by atoms with E-state index in [0.717, 1.165) is 48.4 Å². The monoisotopic (exact) mass is 310 g/mol. The van der Waals surface area contributed by atoms with Gasteiger partial charge in [0.25, 0.3) is 0 Å². The molecule has 3 aromatic rings. The Morgan fingerprint density at radius 3 is 2.61 bits per heavy atom. The average molecular weight is 310 g/mol. The summed E-state index contributed by atoms with van der Waals surface area (Å²) in [6.45, 7) is 0. The summed E-state index contributed by atoms with van der Waals surface area (Å²) >= 11 is 0. The number of aliphatic hydroxyl groups excluding tert-OH is 1. The van der Waals surface area contributed by atoms with Crippen molar-refractivity contribution in [3.8, 4) is 11.3 Å². The van der Waals surface area contributed by atoms with Crippen molar-refractivity contribution in [1.29, 1.82) is 0 Å². The fourth-order valence-electron chi connectivity index (χ4n) is 3.01. The number of aliphatic hydroxyl groups is 1. The minimum absolute atomic E-state index is 0.151. The van der Waals surface area contributed by atoms with E-state index >= 15 is 0 Å². The van der Waals surface area contributed by atoms with Gasteiger partial charge < -0.3 is 10.4 Å². The fourth-order valence-corrected chi connectivity index (χ4v) is 3.01. The molecule has 3 heterocycles. The lowest BCUT2D eigenvalue weighted by molar-refractivity contribution is 0.126. The summed E-state index contributed by atoms with van der Waals surface area (Å²) < 4.78 is 1.80. The van der Waals surface area contributed by atoms with Gasteiger partial charge in [0.05, 0.1) is 18.0 Å². The van der Waals surface area contributed by atoms with E-state index in [-0.39, 0.29) is 6.10 Å². The maximum absolute atomic E-state index is 9.60. The minimum Gasteiger partial charge on any atom is -0.393 e. The molecule has 1 fully saturated rings. The average Bonchev–Trinajstić information content (AvgIpc) is 3.01. The summed E-state index contributed by atoms with van der Waals surface area (Å²) in [6, 6.07) is 4.24. The topological polar surface area (TPSA) is 88.2 Å². The molecule has 0 unspecified atom stereocenters. The molecule has 0 spiro atoms. The maximum atomic E-state index is 9.60. The molecule has 1 saturated carbocycles. The van der Waals surface area contributed by atoms with Crippen LogP contribution in [0.15, 0.2) is 37.1 Å². The minimum atomic E-state index is -0.151. The highest BCUT2D eigenvalue weighted by molar-refractivity contribution is 5.61. The van der Waals surface area contributed by atoms with E-state index in [1.807, 2.05) is 12.1 Å². The van der Waals surface area contributed by atoms with Crippen LogP contribution in [0.3, 0.4) is 0 Å². The molecule has 1 aliphatic rings. The molecule has 2 N–H and O–H groups in total. The van der Waals surface area contributed by atoms with Gasteiger partial charge in [0.2, 0.25) is 0 Å². The van der Waals surface area contributed by atoms with Gasteiger partial charge in [-0.15, -0.1) is 5.10 Å². The van der Waals surface area contributed by atoms with Crippen molar-refractivity contribution in [1.82, 2.24) is 24.6 Å². The number of hydrogen-bond acceptors (Lipinski definition) is 6. The highest BCUT2D eigenvalue weighted by Crippen LogP contribution is 2.23. The van der Waals surface area contributed by atoms with Crippen LogP contribution in [-0.4, -0.2) is 41.8 Å². The van der Waals surface area contributed by atoms with Crippen molar-refractivity contribution in [2.75, 3.05) is 5.32 Å². The summed E-state index contributed by atoms with van der Waals surface area (Å²) in [4.78, 5) is 12.5. The van der Waals surface area contributed by atoms with Crippen LogP contribution < -0.4 is 5.32 Å². The molecular weight excluding hydrogens is 292 g/mol. The summed E-state index contributed by atoms with van der Waals surface area (Å²) in [6.07, 6.45) is 10.2. The molecule has 0 atom stereocenters. The number of nitrogens with zero attached hydrogens (tertiary/aromatic N) is 5. The van der Waals surface area contributed by atoms with Crippen LogP contribution in [0.5, 0.6) is 0 Å². The number of nitrogens with one attached hydrogen (secondary N) is 1. The van der Waals surface area contributed by atoms with E-state index in [2.05, 4.69) is 25.4 Å². The van der Waals surface area contributed by atoms with Crippen LogP contribution in [-0.2, 0) is 0 Å². The molecule has 0 amide bonds. The third-order valence-corrected chi connectivity index (χ3v) is 4.27. The molecule has 7 heteroatoms. The highest BCUT2D eigenvalue weighted by Gasteiger charge is 2.19. The molecule has 4 rings (SSSR count). The second kappa shape index (κ2) is 5.92. The summed E-state index contributed by atoms with van der Waals surface area (Å²) in [7, 11) is 0. The summed E-state index contributed by atoms with van der Waals surface area (Å²) in [5.41, 5.74) is 2.53. The molecule has 0 bridgehead atoms. The number of anilines is 1. The zero-order valence-electron chi connectivity index (χ0n) is 12.6. The largest absolute Gasteiger partial charge is 0.393 e. The van der Waals surface area contributed by atoms with E-state index in [1.165, 1.54) is 6.33 Å². The SMILES string of the molecule is O[C@H]1CC[C@H](Nc2ccc3ncc(-c4cncnc4)n3n2)CC1. The van der Waals surface area contributed by atoms with Gasteiger partial charge in [0.1, 0.15) is 12.1 Å². The molecule has 23 heavy (non-hydrogen) atoms. The Morgan fingerprint density at radius 2 is 1.83 bits per heavy atom. The molecule has 3 aromatic heterocycles. The summed E-state index contributed by atoms with van der Waals surface area (Å²) in [5.74, 6) is 0.815. The van der Waals surface area contributed by atoms with E-state index in [4.69, 9.17) is 0 Å². The third kappa shape index (κ3) is 2.87. The van der Waals surface area contributed by atoms with E-state index in [9.17, 15) is 5.11 Å². The van der Waals surface area contributed by atoms with Crippen molar-refractivity contribution in [3.05, 3.63) is 37.1 Å². The van der Waals surface area contributed by atoms with Gasteiger partial charge in [-0.1, -0.05) is 0 Å². The Morgan fingerprint density at radius 1 is 1.04 bits per heavy atom. The van der Waals surface area contributed by atoms with Gasteiger partial charge in [-0.05, 0) is 37.8 Å². The first-order chi connectivity index (χ1) is 11.3. The van der Waals surface area contributed by atoms with Gasteiger partial charge in [0.15, 0.2) is 5.65 Å². The number of fused-ring (bicyclic) bond motifs is 1. The van der Waals surface area contributed by atoms with Crippen LogP contribution in [0, 0.1) is 0 Å². The Hall–Kier alpha value is -2.54. The summed E-state index contributed by atoms with van der Waals surface area (Å²) in [5, 5.41) is 17.7. The van der Waals surface area contributed by atoms with Gasteiger partial charge >= 0.3 is 0 Å². The lowest BCUT2D eigenvalue weighted by Gasteiger charge is -2.26. The zero-order chi connectivity index (χ0) is 15.6. The highest BCUT2D eigenvalue weighted by atomic mass is 16.3. The van der Waals surface area contributed by atoms with Gasteiger partial charge in [-0.25, -0.2) is 19.5 Å². The Kier molecular flexibility index (Phi) is 3.63. The van der Waals surface area contributed by atoms with E-state index in [0.29, 0.717) is 6.04 Å². The third-order valence-electron chi connectivity index (χ3n) is 4.27. The molecule has 1 aliphatic carbocycles. The first kappa shape index (κ1) is 14.1. The zero-order valence-corrected chi connectivity index (χ0v) is 12.6. The van der Waals surface area contributed by atoms with Gasteiger partial charge in [0, 0.05) is 24.0 Å². The van der Waals surface area contributed by atoms with Crippen LogP contribution in [0.2, 0.25) is 0 Å². The molecular formula is C16H18N6O. The second-order valence-electron chi connectivity index (χ2n) is 5.91. The Labute approximate surface area is 133 Å². The smallest absolute Gasteiger partial charge is 0.154 e. The lowest BCUT2D eigenvalue weighted by Crippen LogP contribution is -2.28. The molecule has 0 radical (unpaired) electrons. The normalized spacial score (nSPS) is 21.4. The van der Waals surface area contributed by atoms with Crippen molar-refractivity contribution < 1.29 is 5.11 Å². The van der Waals surface area contributed by atoms with Crippen LogP contribution in [0.4, 0.5) is 5.82 Å².